The Morgan fingerprint density at radius 3 is 2.13 bits per heavy atom. The van der Waals surface area contributed by atoms with Gasteiger partial charge in [-0.15, -0.1) is 0 Å². The number of fused-ring (bicyclic) bond motifs is 8. The Hall–Kier alpha value is -5.92. The third-order valence-electron chi connectivity index (χ3n) is 11.4. The van der Waals surface area contributed by atoms with Gasteiger partial charge in [-0.3, -0.25) is 9.97 Å². The van der Waals surface area contributed by atoms with Crippen molar-refractivity contribution in [3.05, 3.63) is 93.4 Å². The highest BCUT2D eigenvalue weighted by Gasteiger charge is 2.29. The molecule has 8 aromatic rings. The molecular weight excluding hydrogens is 681 g/mol. The van der Waals surface area contributed by atoms with Crippen LogP contribution in [0.15, 0.2) is 30.5 Å². The van der Waals surface area contributed by atoms with Crippen molar-refractivity contribution in [1.82, 2.24) is 58.3 Å². The number of benzene rings is 2. The van der Waals surface area contributed by atoms with Crippen LogP contribution in [0.5, 0.6) is 11.5 Å². The molecular formula is C40H42N12O2. The van der Waals surface area contributed by atoms with Crippen molar-refractivity contribution in [1.29, 1.82) is 0 Å². The Morgan fingerprint density at radius 1 is 0.704 bits per heavy atom. The molecule has 1 unspecified atom stereocenters. The third-order valence-corrected chi connectivity index (χ3v) is 11.4. The van der Waals surface area contributed by atoms with Gasteiger partial charge in [-0.1, -0.05) is 6.07 Å². The number of hydrogen-bond acceptors (Lipinski definition) is 10. The van der Waals surface area contributed by atoms with E-state index in [1.807, 2.05) is 55.2 Å². The minimum absolute atomic E-state index is 0.152. The zero-order valence-corrected chi connectivity index (χ0v) is 31.5. The predicted molar refractivity (Wildman–Crippen MR) is 203 cm³/mol. The van der Waals surface area contributed by atoms with Crippen molar-refractivity contribution >= 4 is 33.4 Å². The van der Waals surface area contributed by atoms with E-state index in [1.54, 1.807) is 0 Å². The molecule has 1 atom stereocenters. The largest absolute Gasteiger partial charge is 0.486 e. The molecule has 274 valence electrons. The highest BCUT2D eigenvalue weighted by Crippen LogP contribution is 2.41. The molecule has 0 bridgehead atoms. The Labute approximate surface area is 311 Å². The highest BCUT2D eigenvalue weighted by molar-refractivity contribution is 5.86. The zero-order chi connectivity index (χ0) is 36.8. The fraction of sp³-hybridized carbons (Fsp3) is 0.400. The van der Waals surface area contributed by atoms with Gasteiger partial charge in [-0.25, -0.2) is 29.0 Å². The van der Waals surface area contributed by atoms with Crippen LogP contribution in [0.25, 0.3) is 33.4 Å². The van der Waals surface area contributed by atoms with E-state index in [0.717, 1.165) is 122 Å². The lowest BCUT2D eigenvalue weighted by Crippen LogP contribution is -2.17. The maximum absolute atomic E-state index is 5.94. The molecule has 54 heavy (non-hydrogen) atoms. The van der Waals surface area contributed by atoms with E-state index in [1.165, 1.54) is 11.1 Å². The highest BCUT2D eigenvalue weighted by atomic mass is 16.6. The van der Waals surface area contributed by atoms with Crippen LogP contribution in [0, 0.1) is 27.7 Å². The van der Waals surface area contributed by atoms with Gasteiger partial charge in [-0.05, 0) is 76.3 Å². The van der Waals surface area contributed by atoms with Crippen molar-refractivity contribution in [3.63, 3.8) is 0 Å². The summed E-state index contributed by atoms with van der Waals surface area (Å²) in [7, 11) is 4.16. The van der Waals surface area contributed by atoms with Crippen LogP contribution in [0.3, 0.4) is 0 Å². The number of ether oxygens (including phenoxy) is 2. The van der Waals surface area contributed by atoms with E-state index < -0.39 is 0 Å². The van der Waals surface area contributed by atoms with Gasteiger partial charge >= 0.3 is 0 Å². The smallest absolute Gasteiger partial charge is 0.189 e. The Balaban J connectivity index is 0.929. The minimum atomic E-state index is 0.152. The second-order valence-electron chi connectivity index (χ2n) is 14.8. The molecule has 0 fully saturated rings. The summed E-state index contributed by atoms with van der Waals surface area (Å²) in [4.78, 5) is 29.7. The van der Waals surface area contributed by atoms with Crippen LogP contribution < -0.4 is 9.47 Å². The fourth-order valence-corrected chi connectivity index (χ4v) is 8.52. The van der Waals surface area contributed by atoms with Crippen LogP contribution >= 0.6 is 0 Å². The monoisotopic (exact) mass is 722 g/mol. The first-order chi connectivity index (χ1) is 26.2. The van der Waals surface area contributed by atoms with Crippen LogP contribution in [-0.2, 0) is 46.2 Å². The van der Waals surface area contributed by atoms with E-state index >= 15 is 0 Å². The summed E-state index contributed by atoms with van der Waals surface area (Å²) < 4.78 is 20.0. The molecule has 7 heterocycles. The van der Waals surface area contributed by atoms with Crippen LogP contribution in [0.1, 0.15) is 81.7 Å². The van der Waals surface area contributed by atoms with Crippen LogP contribution in [0.2, 0.25) is 0 Å². The minimum Gasteiger partial charge on any atom is -0.486 e. The fourth-order valence-electron chi connectivity index (χ4n) is 8.52. The van der Waals surface area contributed by atoms with Gasteiger partial charge in [0.2, 0.25) is 0 Å². The first-order valence-corrected chi connectivity index (χ1v) is 18.8. The molecule has 14 heteroatoms. The number of aryl methyl sites for hydroxylation is 11. The molecule has 1 aliphatic carbocycles. The standard InChI is InChI=1S/C40H42N12O2/c1-21-20-41-22(2)39-43-31(47-51(21)39)14-16-33-45-36-27-9-7-8-26(25(27)10-11-28(36)49(33)5)35-24(4)52-40(23(3)42-35)44-32(48-52)15-17-34-46-37-29(50(34)6)12-13-30-38(37)54-19-18-53-30/h10-13,20,26H,7-9,14-19H2,1-6H3. The average molecular weight is 723 g/mol. The van der Waals surface area contributed by atoms with Gasteiger partial charge in [0, 0.05) is 51.9 Å². The summed E-state index contributed by atoms with van der Waals surface area (Å²) in [6, 6.07) is 8.54. The molecule has 14 nitrogen and oxygen atoms in total. The summed E-state index contributed by atoms with van der Waals surface area (Å²) >= 11 is 0. The summed E-state index contributed by atoms with van der Waals surface area (Å²) in [5, 5.41) is 9.81. The third kappa shape index (κ3) is 5.06. The summed E-state index contributed by atoms with van der Waals surface area (Å²) in [6.07, 6.45) is 7.73. The first-order valence-electron chi connectivity index (χ1n) is 18.8. The van der Waals surface area contributed by atoms with Gasteiger partial charge < -0.3 is 18.6 Å². The van der Waals surface area contributed by atoms with Crippen molar-refractivity contribution in [3.8, 4) is 11.5 Å². The molecule has 10 rings (SSSR count). The number of imidazole rings is 2. The summed E-state index contributed by atoms with van der Waals surface area (Å²) in [5.41, 5.74) is 13.2. The van der Waals surface area contributed by atoms with Gasteiger partial charge in [0.1, 0.15) is 30.4 Å². The SMILES string of the molecule is Cc1ncc(C)n2nc(CCc3nc4c5c(ccc4n3C)C(c3nc(C)c4nc(CCc6nc7c8c(ccc7n6C)OCCO8)nn4c3C)CCC5)nc12. The Morgan fingerprint density at radius 2 is 1.37 bits per heavy atom. The summed E-state index contributed by atoms with van der Waals surface area (Å²) in [6.45, 7) is 9.23. The molecule has 1 aliphatic heterocycles. The van der Waals surface area contributed by atoms with Crippen molar-refractivity contribution < 1.29 is 9.47 Å². The number of rotatable bonds is 7. The molecule has 0 saturated heterocycles. The molecule has 2 aromatic carbocycles. The van der Waals surface area contributed by atoms with E-state index in [-0.39, 0.29) is 5.92 Å². The number of aromatic nitrogens is 12. The number of hydrogen-bond donors (Lipinski definition) is 0. The second kappa shape index (κ2) is 12.3. The lowest BCUT2D eigenvalue weighted by Gasteiger charge is -2.27. The lowest BCUT2D eigenvalue weighted by molar-refractivity contribution is 0.173. The van der Waals surface area contributed by atoms with Crippen LogP contribution in [-0.4, -0.2) is 71.5 Å². The molecule has 2 aliphatic rings. The molecule has 0 N–H and O–H groups in total. The molecule has 0 spiro atoms. The normalized spacial score (nSPS) is 15.6. The van der Waals surface area contributed by atoms with Crippen molar-refractivity contribution in [2.75, 3.05) is 13.2 Å². The zero-order valence-electron chi connectivity index (χ0n) is 31.5. The van der Waals surface area contributed by atoms with Crippen LogP contribution in [0.4, 0.5) is 0 Å². The summed E-state index contributed by atoms with van der Waals surface area (Å²) in [5.74, 6) is 5.20. The molecule has 0 saturated carbocycles. The second-order valence-corrected chi connectivity index (χ2v) is 14.8. The van der Waals surface area contributed by atoms with E-state index in [9.17, 15) is 0 Å². The Bertz CT molecular complexity index is 2770. The maximum atomic E-state index is 5.94. The predicted octanol–water partition coefficient (Wildman–Crippen LogP) is 5.38. The van der Waals surface area contributed by atoms with Gasteiger partial charge in [-0.2, -0.15) is 10.2 Å². The van der Waals surface area contributed by atoms with Gasteiger partial charge in [0.15, 0.2) is 34.4 Å². The topological polar surface area (TPSA) is 140 Å². The van der Waals surface area contributed by atoms with E-state index in [4.69, 9.17) is 44.6 Å². The lowest BCUT2D eigenvalue weighted by atomic mass is 9.80. The molecule has 0 radical (unpaired) electrons. The maximum Gasteiger partial charge on any atom is 0.189 e. The quantitative estimate of drug-likeness (QED) is 0.211. The first kappa shape index (κ1) is 32.7. The Kier molecular flexibility index (Phi) is 7.46. The average Bonchev–Trinajstić information content (AvgIpc) is 3.97. The molecule has 6 aromatic heterocycles. The van der Waals surface area contributed by atoms with Crippen molar-refractivity contribution in [2.45, 2.75) is 78.6 Å². The van der Waals surface area contributed by atoms with Gasteiger partial charge in [0.25, 0.3) is 0 Å². The van der Waals surface area contributed by atoms with E-state index in [2.05, 4.69) is 40.2 Å². The molecule has 0 amide bonds. The van der Waals surface area contributed by atoms with Gasteiger partial charge in [0.05, 0.1) is 45.0 Å². The van der Waals surface area contributed by atoms with Crippen molar-refractivity contribution in [2.24, 2.45) is 14.1 Å². The van der Waals surface area contributed by atoms with E-state index in [0.29, 0.717) is 32.5 Å². The number of nitrogens with zero attached hydrogens (tertiary/aromatic N) is 12.